The predicted octanol–water partition coefficient (Wildman–Crippen LogP) is 2.74. The van der Waals surface area contributed by atoms with Gasteiger partial charge in [0.15, 0.2) is 0 Å². The first kappa shape index (κ1) is 18.2. The highest BCUT2D eigenvalue weighted by Crippen LogP contribution is 2.48. The molecule has 0 aromatic rings. The summed E-state index contributed by atoms with van der Waals surface area (Å²) >= 11 is 0. The third-order valence-electron chi connectivity index (χ3n) is 1.56. The zero-order chi connectivity index (χ0) is 15.5. The van der Waals surface area contributed by atoms with Crippen LogP contribution in [0.4, 0.5) is 39.5 Å². The number of ether oxygens (including phenoxy) is 2. The molecule has 0 aliphatic carbocycles. The highest BCUT2D eigenvalue weighted by Gasteiger charge is 2.76. The van der Waals surface area contributed by atoms with Crippen LogP contribution in [0, 0.1) is 0 Å². The topological polar surface area (TPSA) is 38.7 Å². The minimum atomic E-state index is -6.56. The lowest BCUT2D eigenvalue weighted by Crippen LogP contribution is -2.58. The number of rotatable bonds is 7. The first-order chi connectivity index (χ1) is 8.27. The molecule has 0 fully saturated rings. The SMILES string of the molecule is OCCCOC(F)(F)C(F)(F)C(F)(F)OC(F)(F)F. The minimum Gasteiger partial charge on any atom is -0.396 e. The van der Waals surface area contributed by atoms with Gasteiger partial charge in [0, 0.05) is 6.61 Å². The van der Waals surface area contributed by atoms with Crippen LogP contribution in [-0.4, -0.2) is 42.8 Å². The Hall–Kier alpha value is -0.750. The lowest BCUT2D eigenvalue weighted by Gasteiger charge is -2.31. The van der Waals surface area contributed by atoms with Gasteiger partial charge in [-0.3, -0.25) is 0 Å². The number of aliphatic hydroxyl groups excluding tert-OH is 1. The second-order valence-electron chi connectivity index (χ2n) is 3.08. The van der Waals surface area contributed by atoms with Crippen molar-refractivity contribution in [3.8, 4) is 0 Å². The summed E-state index contributed by atoms with van der Waals surface area (Å²) in [5.41, 5.74) is 0. The molecule has 0 rings (SSSR count). The average molecular weight is 310 g/mol. The Morgan fingerprint density at radius 1 is 0.789 bits per heavy atom. The maximum Gasteiger partial charge on any atom is 0.527 e. The molecule has 0 radical (unpaired) electrons. The van der Waals surface area contributed by atoms with E-state index >= 15 is 0 Å². The Balaban J connectivity index is 5.00. The minimum absolute atomic E-state index is 0.614. The van der Waals surface area contributed by atoms with Crippen molar-refractivity contribution in [3.63, 3.8) is 0 Å². The molecule has 0 bridgehead atoms. The molecule has 0 aliphatic rings. The first-order valence-electron chi connectivity index (χ1n) is 4.42. The molecule has 19 heavy (non-hydrogen) atoms. The van der Waals surface area contributed by atoms with Crippen molar-refractivity contribution in [2.24, 2.45) is 0 Å². The van der Waals surface area contributed by atoms with Gasteiger partial charge in [-0.05, 0) is 6.42 Å². The molecule has 0 amide bonds. The molecule has 0 unspecified atom stereocenters. The number of alkyl halides is 9. The van der Waals surface area contributed by atoms with E-state index < -0.39 is 44.1 Å². The van der Waals surface area contributed by atoms with Gasteiger partial charge in [0.2, 0.25) is 0 Å². The van der Waals surface area contributed by atoms with E-state index in [2.05, 4.69) is 4.74 Å². The Bertz CT molecular complexity index is 288. The standard InChI is InChI=1S/C7H7F9O3/c8-4(9,5(10,11)18-3-1-2-17)6(12,13)19-7(14,15)16/h17H,1-3H2. The Morgan fingerprint density at radius 2 is 1.26 bits per heavy atom. The zero-order valence-electron chi connectivity index (χ0n) is 8.79. The number of hydrogen-bond acceptors (Lipinski definition) is 3. The third-order valence-corrected chi connectivity index (χ3v) is 1.56. The van der Waals surface area contributed by atoms with Crippen LogP contribution in [0.3, 0.4) is 0 Å². The van der Waals surface area contributed by atoms with E-state index in [-0.39, 0.29) is 0 Å². The zero-order valence-corrected chi connectivity index (χ0v) is 8.79. The van der Waals surface area contributed by atoms with Crippen LogP contribution >= 0.6 is 0 Å². The lowest BCUT2D eigenvalue weighted by molar-refractivity contribution is -0.507. The fourth-order valence-corrected chi connectivity index (χ4v) is 0.734. The molecule has 12 heteroatoms. The van der Waals surface area contributed by atoms with Gasteiger partial charge in [-0.1, -0.05) is 0 Å². The second-order valence-corrected chi connectivity index (χ2v) is 3.08. The molecule has 0 aliphatic heterocycles. The first-order valence-corrected chi connectivity index (χ1v) is 4.42. The van der Waals surface area contributed by atoms with E-state index in [0.29, 0.717) is 0 Å². The van der Waals surface area contributed by atoms with E-state index in [1.807, 2.05) is 0 Å². The highest BCUT2D eigenvalue weighted by atomic mass is 19.4. The molecule has 0 atom stereocenters. The van der Waals surface area contributed by atoms with Gasteiger partial charge < -0.3 is 9.84 Å². The maximum absolute atomic E-state index is 12.6. The molecule has 0 aromatic carbocycles. The van der Waals surface area contributed by atoms with Crippen molar-refractivity contribution in [2.45, 2.75) is 30.9 Å². The second kappa shape index (κ2) is 5.71. The molecule has 116 valence electrons. The van der Waals surface area contributed by atoms with Crippen LogP contribution in [0.1, 0.15) is 6.42 Å². The van der Waals surface area contributed by atoms with Crippen molar-refractivity contribution in [2.75, 3.05) is 13.2 Å². The van der Waals surface area contributed by atoms with Gasteiger partial charge in [-0.25, -0.2) is 4.74 Å². The Kier molecular flexibility index (Phi) is 5.48. The smallest absolute Gasteiger partial charge is 0.396 e. The highest BCUT2D eigenvalue weighted by molar-refractivity contribution is 4.86. The van der Waals surface area contributed by atoms with Gasteiger partial charge in [0.1, 0.15) is 0 Å². The van der Waals surface area contributed by atoms with Crippen LogP contribution in [-0.2, 0) is 9.47 Å². The molecular weight excluding hydrogens is 303 g/mol. The Labute approximate surface area is 99.4 Å². The van der Waals surface area contributed by atoms with Gasteiger partial charge in [0.05, 0.1) is 6.61 Å². The largest absolute Gasteiger partial charge is 0.527 e. The summed E-state index contributed by atoms with van der Waals surface area (Å²) in [7, 11) is 0. The normalized spacial score (nSPS) is 14.8. The third kappa shape index (κ3) is 4.69. The maximum atomic E-state index is 12.6. The van der Waals surface area contributed by atoms with Crippen LogP contribution in [0.25, 0.3) is 0 Å². The van der Waals surface area contributed by atoms with Crippen molar-refractivity contribution in [3.05, 3.63) is 0 Å². The number of aliphatic hydroxyl groups is 1. The van der Waals surface area contributed by atoms with E-state index in [1.54, 1.807) is 4.74 Å². The fourth-order valence-electron chi connectivity index (χ4n) is 0.734. The summed E-state index contributed by atoms with van der Waals surface area (Å²) in [6.45, 7) is -2.06. The summed E-state index contributed by atoms with van der Waals surface area (Å²) in [4.78, 5) is 0. The Morgan fingerprint density at radius 3 is 1.63 bits per heavy atom. The fraction of sp³-hybridized carbons (Fsp3) is 1.00. The van der Waals surface area contributed by atoms with Crippen LogP contribution in [0.5, 0.6) is 0 Å². The van der Waals surface area contributed by atoms with Crippen molar-refractivity contribution >= 4 is 0 Å². The van der Waals surface area contributed by atoms with E-state index in [9.17, 15) is 39.5 Å². The molecule has 1 N–H and O–H groups in total. The number of hydrogen-bond donors (Lipinski definition) is 1. The van der Waals surface area contributed by atoms with Crippen molar-refractivity contribution in [1.82, 2.24) is 0 Å². The molecule has 3 nitrogen and oxygen atoms in total. The quantitative estimate of drug-likeness (QED) is 0.580. The molecule has 0 saturated carbocycles. The predicted molar refractivity (Wildman–Crippen MR) is 39.6 cm³/mol. The van der Waals surface area contributed by atoms with Crippen LogP contribution in [0.2, 0.25) is 0 Å². The van der Waals surface area contributed by atoms with Crippen molar-refractivity contribution < 1.29 is 54.1 Å². The summed E-state index contributed by atoms with van der Waals surface area (Å²) in [5.74, 6) is -6.56. The van der Waals surface area contributed by atoms with Gasteiger partial charge in [0.25, 0.3) is 0 Å². The van der Waals surface area contributed by atoms with Crippen LogP contribution < -0.4 is 0 Å². The van der Waals surface area contributed by atoms with E-state index in [1.165, 1.54) is 0 Å². The van der Waals surface area contributed by atoms with E-state index in [4.69, 9.17) is 5.11 Å². The average Bonchev–Trinajstić information content (AvgIpc) is 2.13. The molecule has 0 saturated heterocycles. The van der Waals surface area contributed by atoms with Gasteiger partial charge >= 0.3 is 24.5 Å². The van der Waals surface area contributed by atoms with Gasteiger partial charge in [-0.15, -0.1) is 13.2 Å². The molecule has 0 heterocycles. The summed E-state index contributed by atoms with van der Waals surface area (Å²) in [6, 6.07) is 0. The molecule has 0 spiro atoms. The lowest BCUT2D eigenvalue weighted by atomic mass is 10.3. The van der Waals surface area contributed by atoms with Gasteiger partial charge in [-0.2, -0.15) is 26.3 Å². The summed E-state index contributed by atoms with van der Waals surface area (Å²) < 4.78 is 114. The van der Waals surface area contributed by atoms with Crippen molar-refractivity contribution in [1.29, 1.82) is 0 Å². The monoisotopic (exact) mass is 310 g/mol. The van der Waals surface area contributed by atoms with E-state index in [0.717, 1.165) is 0 Å². The number of halogens is 9. The molecule has 0 aromatic heterocycles. The summed E-state index contributed by atoms with van der Waals surface area (Å²) in [6.07, 6.45) is -19.3. The van der Waals surface area contributed by atoms with Crippen LogP contribution in [0.15, 0.2) is 0 Å². The summed E-state index contributed by atoms with van der Waals surface area (Å²) in [5, 5.41) is 8.14. The molecular formula is C7H7F9O3.